The standard InChI is InChI=1S/C17H20BrF2NO3/c18-13-2-1-10(11-7-12(11)13)14(22)8-21-9-16(24-15(21)23)3-5-17(19,20)6-4-16/h1-2,11-12,14,22H,3-9H2. The summed E-state index contributed by atoms with van der Waals surface area (Å²) >= 11 is 3.52. The zero-order valence-electron chi connectivity index (χ0n) is 13.2. The van der Waals surface area contributed by atoms with Crippen LogP contribution in [0.2, 0.25) is 0 Å². The SMILES string of the molecule is O=C1OC2(CCC(F)(F)CC2)CN1CC(O)C1=CC=C(Br)C2CC12. The molecule has 3 unspecified atom stereocenters. The lowest BCUT2D eigenvalue weighted by atomic mass is 9.82. The van der Waals surface area contributed by atoms with Gasteiger partial charge >= 0.3 is 6.09 Å². The maximum Gasteiger partial charge on any atom is 0.410 e. The summed E-state index contributed by atoms with van der Waals surface area (Å²) in [5, 5.41) is 10.5. The zero-order chi connectivity index (χ0) is 17.1. The molecule has 4 rings (SSSR count). The molecule has 7 heteroatoms. The number of halogens is 3. The minimum absolute atomic E-state index is 0.164. The highest BCUT2D eigenvalue weighted by Gasteiger charge is 2.52. The third-order valence-electron chi connectivity index (χ3n) is 5.72. The lowest BCUT2D eigenvalue weighted by molar-refractivity contribution is -0.0911. The van der Waals surface area contributed by atoms with Crippen LogP contribution in [-0.4, -0.2) is 46.8 Å². The zero-order valence-corrected chi connectivity index (χ0v) is 14.8. The molecule has 1 spiro atoms. The molecule has 0 radical (unpaired) electrons. The quantitative estimate of drug-likeness (QED) is 0.782. The monoisotopic (exact) mass is 403 g/mol. The molecule has 132 valence electrons. The van der Waals surface area contributed by atoms with Crippen LogP contribution >= 0.6 is 15.9 Å². The number of allylic oxidation sites excluding steroid dienone is 3. The predicted molar refractivity (Wildman–Crippen MR) is 86.9 cm³/mol. The molecule has 0 aromatic heterocycles. The first kappa shape index (κ1) is 16.5. The molecule has 4 nitrogen and oxygen atoms in total. The average molecular weight is 404 g/mol. The van der Waals surface area contributed by atoms with Gasteiger partial charge in [0.25, 0.3) is 0 Å². The van der Waals surface area contributed by atoms with Gasteiger partial charge in [0.15, 0.2) is 0 Å². The van der Waals surface area contributed by atoms with E-state index in [9.17, 15) is 18.7 Å². The summed E-state index contributed by atoms with van der Waals surface area (Å²) < 4.78 is 33.3. The molecule has 3 atom stereocenters. The fourth-order valence-corrected chi connectivity index (χ4v) is 4.77. The van der Waals surface area contributed by atoms with Gasteiger partial charge in [-0.2, -0.15) is 0 Å². The normalized spacial score (nSPS) is 34.3. The van der Waals surface area contributed by atoms with Gasteiger partial charge in [0, 0.05) is 12.8 Å². The number of fused-ring (bicyclic) bond motifs is 1. The molecule has 1 amide bonds. The number of hydrogen-bond donors (Lipinski definition) is 1. The summed E-state index contributed by atoms with van der Waals surface area (Å²) in [6.07, 6.45) is 3.53. The van der Waals surface area contributed by atoms with Crippen LogP contribution in [0.5, 0.6) is 0 Å². The van der Waals surface area contributed by atoms with Crippen molar-refractivity contribution in [1.29, 1.82) is 0 Å². The van der Waals surface area contributed by atoms with E-state index in [0.29, 0.717) is 18.4 Å². The van der Waals surface area contributed by atoms with Gasteiger partial charge in [0.2, 0.25) is 5.92 Å². The van der Waals surface area contributed by atoms with Crippen molar-refractivity contribution in [2.24, 2.45) is 11.8 Å². The fraction of sp³-hybridized carbons (Fsp3) is 0.706. The summed E-state index contributed by atoms with van der Waals surface area (Å²) in [7, 11) is 0. The van der Waals surface area contributed by atoms with E-state index >= 15 is 0 Å². The van der Waals surface area contributed by atoms with Crippen molar-refractivity contribution in [3.63, 3.8) is 0 Å². The van der Waals surface area contributed by atoms with Crippen molar-refractivity contribution >= 4 is 22.0 Å². The third-order valence-corrected chi connectivity index (χ3v) is 6.57. The van der Waals surface area contributed by atoms with Crippen molar-refractivity contribution in [2.45, 2.75) is 49.7 Å². The second-order valence-electron chi connectivity index (χ2n) is 7.47. The Morgan fingerprint density at radius 3 is 2.71 bits per heavy atom. The largest absolute Gasteiger partial charge is 0.441 e. The van der Waals surface area contributed by atoms with E-state index in [1.54, 1.807) is 0 Å². The number of nitrogens with zero attached hydrogens (tertiary/aromatic N) is 1. The number of carbonyl (C=O) groups is 1. The van der Waals surface area contributed by atoms with Crippen molar-refractivity contribution in [3.8, 4) is 0 Å². The van der Waals surface area contributed by atoms with Crippen molar-refractivity contribution in [2.75, 3.05) is 13.1 Å². The van der Waals surface area contributed by atoms with Crippen LogP contribution < -0.4 is 0 Å². The number of ether oxygens (including phenoxy) is 1. The Morgan fingerprint density at radius 1 is 1.29 bits per heavy atom. The van der Waals surface area contributed by atoms with E-state index in [2.05, 4.69) is 15.9 Å². The molecule has 2 saturated carbocycles. The van der Waals surface area contributed by atoms with Crippen LogP contribution in [0.25, 0.3) is 0 Å². The molecule has 1 heterocycles. The number of rotatable bonds is 3. The molecular formula is C17H20BrF2NO3. The van der Waals surface area contributed by atoms with Gasteiger partial charge in [-0.1, -0.05) is 28.1 Å². The molecule has 1 saturated heterocycles. The molecule has 0 aromatic rings. The summed E-state index contributed by atoms with van der Waals surface area (Å²) in [4.78, 5) is 13.6. The minimum Gasteiger partial charge on any atom is -0.441 e. The van der Waals surface area contributed by atoms with Crippen molar-refractivity contribution < 1.29 is 23.4 Å². The summed E-state index contributed by atoms with van der Waals surface area (Å²) in [6, 6.07) is 0. The van der Waals surface area contributed by atoms with E-state index < -0.39 is 23.7 Å². The lowest BCUT2D eigenvalue weighted by Crippen LogP contribution is -2.43. The Bertz CT molecular complexity index is 623. The van der Waals surface area contributed by atoms with Gasteiger partial charge in [-0.25, -0.2) is 13.6 Å². The lowest BCUT2D eigenvalue weighted by Gasteiger charge is -2.35. The predicted octanol–water partition coefficient (Wildman–Crippen LogP) is 3.60. The van der Waals surface area contributed by atoms with Crippen molar-refractivity contribution in [3.05, 3.63) is 22.2 Å². The number of amides is 1. The van der Waals surface area contributed by atoms with E-state index in [4.69, 9.17) is 4.74 Å². The van der Waals surface area contributed by atoms with E-state index in [1.807, 2.05) is 12.2 Å². The minimum atomic E-state index is -2.65. The Kier molecular flexibility index (Phi) is 3.80. The van der Waals surface area contributed by atoms with Gasteiger partial charge in [0.05, 0.1) is 19.2 Å². The van der Waals surface area contributed by atoms with Crippen LogP contribution in [0.15, 0.2) is 22.2 Å². The second-order valence-corrected chi connectivity index (χ2v) is 8.39. The number of hydrogen-bond acceptors (Lipinski definition) is 3. The van der Waals surface area contributed by atoms with Crippen LogP contribution in [0.3, 0.4) is 0 Å². The Morgan fingerprint density at radius 2 is 2.00 bits per heavy atom. The molecule has 1 N–H and O–H groups in total. The second kappa shape index (κ2) is 5.53. The van der Waals surface area contributed by atoms with E-state index in [-0.39, 0.29) is 32.2 Å². The van der Waals surface area contributed by atoms with Gasteiger partial charge < -0.3 is 14.7 Å². The van der Waals surface area contributed by atoms with Crippen LogP contribution in [0.4, 0.5) is 13.6 Å². The highest BCUT2D eigenvalue weighted by molar-refractivity contribution is 9.11. The molecule has 0 aromatic carbocycles. The molecule has 3 aliphatic carbocycles. The highest BCUT2D eigenvalue weighted by Crippen LogP contribution is 2.54. The van der Waals surface area contributed by atoms with Crippen molar-refractivity contribution in [1.82, 2.24) is 4.90 Å². The molecule has 1 aliphatic heterocycles. The summed E-state index contributed by atoms with van der Waals surface area (Å²) in [5.41, 5.74) is 0.150. The number of aliphatic hydroxyl groups excluding tert-OH is 1. The van der Waals surface area contributed by atoms with Gasteiger partial charge in [-0.05, 0) is 41.2 Å². The highest BCUT2D eigenvalue weighted by atomic mass is 79.9. The first-order valence-corrected chi connectivity index (χ1v) is 9.19. The van der Waals surface area contributed by atoms with Crippen LogP contribution in [0.1, 0.15) is 32.1 Å². The number of β-amino-alcohol motifs (C(OH)–C–C–N with tert-alkyl or cyclic N) is 1. The van der Waals surface area contributed by atoms with Crippen LogP contribution in [-0.2, 0) is 4.74 Å². The molecule has 3 fully saturated rings. The summed E-state index contributed by atoms with van der Waals surface area (Å²) in [6.45, 7) is 0.456. The number of alkyl halides is 2. The fourth-order valence-electron chi connectivity index (χ4n) is 4.13. The van der Waals surface area contributed by atoms with Gasteiger partial charge in [0.1, 0.15) is 5.60 Å². The number of aliphatic hydroxyl groups is 1. The molecule has 0 bridgehead atoms. The van der Waals surface area contributed by atoms with E-state index in [1.165, 1.54) is 4.90 Å². The maximum absolute atomic E-state index is 13.4. The van der Waals surface area contributed by atoms with Crippen LogP contribution in [0, 0.1) is 11.8 Å². The van der Waals surface area contributed by atoms with E-state index in [0.717, 1.165) is 16.5 Å². The topological polar surface area (TPSA) is 49.8 Å². The Hall–Kier alpha value is -0.950. The maximum atomic E-state index is 13.4. The first-order valence-electron chi connectivity index (χ1n) is 8.40. The molecule has 4 aliphatic rings. The Labute approximate surface area is 147 Å². The van der Waals surface area contributed by atoms with Gasteiger partial charge in [-0.15, -0.1) is 0 Å². The van der Waals surface area contributed by atoms with Gasteiger partial charge in [-0.3, -0.25) is 0 Å². The summed E-state index contributed by atoms with van der Waals surface area (Å²) in [5.74, 6) is -1.85. The third kappa shape index (κ3) is 2.90. The Balaban J connectivity index is 1.40. The first-order chi connectivity index (χ1) is 11.3. The molecule has 24 heavy (non-hydrogen) atoms. The number of carbonyl (C=O) groups excluding carboxylic acids is 1. The molecular weight excluding hydrogens is 384 g/mol. The average Bonchev–Trinajstić information content (AvgIpc) is 3.26. The smallest absolute Gasteiger partial charge is 0.410 e.